The number of unbranched alkanes of at least 4 members (excludes halogenated alkanes) is 4. The lowest BCUT2D eigenvalue weighted by Gasteiger charge is -2.08. The molecular weight excluding hydrogens is 378 g/mol. The summed E-state index contributed by atoms with van der Waals surface area (Å²) in [6, 6.07) is 7.74. The Morgan fingerprint density at radius 1 is 0.967 bits per heavy atom. The summed E-state index contributed by atoms with van der Waals surface area (Å²) in [5, 5.41) is 5.71. The van der Waals surface area contributed by atoms with Gasteiger partial charge in [-0.2, -0.15) is 0 Å². The van der Waals surface area contributed by atoms with Crippen LogP contribution in [0.15, 0.2) is 30.5 Å². The number of aryl methyl sites for hydroxylation is 2. The van der Waals surface area contributed by atoms with E-state index in [1.54, 1.807) is 6.20 Å². The quantitative estimate of drug-likeness (QED) is 0.356. The molecule has 0 aliphatic carbocycles. The van der Waals surface area contributed by atoms with Gasteiger partial charge in [0, 0.05) is 30.8 Å². The van der Waals surface area contributed by atoms with E-state index in [-0.39, 0.29) is 18.2 Å². The Morgan fingerprint density at radius 2 is 1.73 bits per heavy atom. The van der Waals surface area contributed by atoms with Gasteiger partial charge in [-0.3, -0.25) is 9.59 Å². The van der Waals surface area contributed by atoms with Crippen molar-refractivity contribution in [3.05, 3.63) is 47.3 Å². The molecule has 0 aliphatic rings. The average molecular weight is 414 g/mol. The minimum absolute atomic E-state index is 0.0390. The fourth-order valence-corrected chi connectivity index (χ4v) is 3.23. The van der Waals surface area contributed by atoms with Gasteiger partial charge in [0.2, 0.25) is 5.91 Å². The van der Waals surface area contributed by atoms with Crippen LogP contribution in [-0.4, -0.2) is 34.9 Å². The number of hydrogen-bond acceptors (Lipinski definition) is 4. The Labute approximate surface area is 179 Å². The predicted molar refractivity (Wildman–Crippen MR) is 120 cm³/mol. The Hall–Kier alpha value is -2.83. The number of imidazole rings is 1. The molecule has 0 saturated carbocycles. The number of hydrogen-bond donors (Lipinski definition) is 4. The molecule has 5 N–H and O–H groups in total. The number of nitrogen functional groups attached to an aromatic ring is 1. The molecule has 0 saturated heterocycles. The van der Waals surface area contributed by atoms with Crippen molar-refractivity contribution in [3.63, 3.8) is 0 Å². The molecule has 0 unspecified atom stereocenters. The molecule has 2 aromatic rings. The zero-order valence-corrected chi connectivity index (χ0v) is 18.0. The van der Waals surface area contributed by atoms with Crippen LogP contribution in [0.1, 0.15) is 73.5 Å². The predicted octanol–water partition coefficient (Wildman–Crippen LogP) is 3.37. The molecule has 0 aliphatic heterocycles. The topological polar surface area (TPSA) is 113 Å². The van der Waals surface area contributed by atoms with E-state index >= 15 is 0 Å². The lowest BCUT2D eigenvalue weighted by molar-refractivity contribution is -0.120. The van der Waals surface area contributed by atoms with E-state index in [1.165, 1.54) is 24.8 Å². The van der Waals surface area contributed by atoms with E-state index in [9.17, 15) is 9.59 Å². The summed E-state index contributed by atoms with van der Waals surface area (Å²) in [4.78, 5) is 31.1. The molecule has 0 spiro atoms. The number of carbonyl (C=O) groups is 2. The average Bonchev–Trinajstić information content (AvgIpc) is 3.16. The number of benzene rings is 1. The van der Waals surface area contributed by atoms with Crippen molar-refractivity contribution >= 4 is 17.8 Å². The second-order valence-electron chi connectivity index (χ2n) is 7.61. The smallest absolute Gasteiger partial charge is 0.251 e. The maximum absolute atomic E-state index is 12.2. The first-order chi connectivity index (χ1) is 14.6. The van der Waals surface area contributed by atoms with Crippen LogP contribution in [0.25, 0.3) is 0 Å². The molecule has 164 valence electrons. The second-order valence-corrected chi connectivity index (χ2v) is 7.61. The summed E-state index contributed by atoms with van der Waals surface area (Å²) in [5.74, 6) is 0.272. The van der Waals surface area contributed by atoms with Crippen LogP contribution in [0, 0.1) is 0 Å². The highest BCUT2D eigenvalue weighted by molar-refractivity contribution is 5.94. The van der Waals surface area contributed by atoms with Crippen molar-refractivity contribution in [2.75, 3.05) is 18.8 Å². The van der Waals surface area contributed by atoms with Gasteiger partial charge in [-0.25, -0.2) is 4.98 Å². The molecule has 7 heteroatoms. The monoisotopic (exact) mass is 413 g/mol. The number of amides is 2. The van der Waals surface area contributed by atoms with Gasteiger partial charge in [0.05, 0.1) is 6.20 Å². The number of nitrogens with zero attached hydrogens (tertiary/aromatic N) is 1. The third kappa shape index (κ3) is 9.11. The minimum Gasteiger partial charge on any atom is -0.369 e. The first-order valence-electron chi connectivity index (χ1n) is 11.0. The second kappa shape index (κ2) is 13.4. The van der Waals surface area contributed by atoms with Gasteiger partial charge < -0.3 is 21.4 Å². The fraction of sp³-hybridized carbons (Fsp3) is 0.522. The highest BCUT2D eigenvalue weighted by Crippen LogP contribution is 2.09. The summed E-state index contributed by atoms with van der Waals surface area (Å²) in [5.41, 5.74) is 8.47. The van der Waals surface area contributed by atoms with Crippen molar-refractivity contribution in [3.8, 4) is 0 Å². The zero-order chi connectivity index (χ0) is 21.6. The third-order valence-electron chi connectivity index (χ3n) is 5.02. The Bertz CT molecular complexity index is 770. The lowest BCUT2D eigenvalue weighted by atomic mass is 10.1. The van der Waals surface area contributed by atoms with E-state index in [0.29, 0.717) is 24.6 Å². The normalized spacial score (nSPS) is 10.7. The summed E-state index contributed by atoms with van der Waals surface area (Å²) < 4.78 is 0. The van der Waals surface area contributed by atoms with Crippen LogP contribution in [-0.2, 0) is 17.6 Å². The highest BCUT2D eigenvalue weighted by atomic mass is 16.2. The summed E-state index contributed by atoms with van der Waals surface area (Å²) in [6.07, 6.45) is 10.6. The Kier molecular flexibility index (Phi) is 10.5. The van der Waals surface area contributed by atoms with E-state index in [4.69, 9.17) is 5.73 Å². The maximum Gasteiger partial charge on any atom is 0.251 e. The number of aromatic nitrogens is 2. The van der Waals surface area contributed by atoms with Crippen LogP contribution in [0.4, 0.5) is 5.95 Å². The number of H-pyrrole nitrogens is 1. The number of carbonyl (C=O) groups excluding carboxylic acids is 2. The molecule has 0 atom stereocenters. The minimum atomic E-state index is -0.137. The van der Waals surface area contributed by atoms with Crippen LogP contribution in [0.5, 0.6) is 0 Å². The van der Waals surface area contributed by atoms with Gasteiger partial charge in [-0.15, -0.1) is 0 Å². The Balaban J connectivity index is 1.51. The molecule has 1 heterocycles. The first kappa shape index (κ1) is 23.4. The SMILES string of the molecule is CCCCCc1ccc(C(=O)NCCC(=O)NCCCCCc2cnc(N)[nH]2)cc1. The number of aromatic amines is 1. The number of nitrogens with two attached hydrogens (primary N) is 1. The molecule has 30 heavy (non-hydrogen) atoms. The van der Waals surface area contributed by atoms with Crippen molar-refractivity contribution in [2.24, 2.45) is 0 Å². The van der Waals surface area contributed by atoms with Gasteiger partial charge in [-0.1, -0.05) is 38.3 Å². The summed E-state index contributed by atoms with van der Waals surface area (Å²) in [7, 11) is 0. The van der Waals surface area contributed by atoms with E-state index in [1.807, 2.05) is 24.3 Å². The molecule has 7 nitrogen and oxygen atoms in total. The molecule has 0 fully saturated rings. The van der Waals surface area contributed by atoms with Crippen LogP contribution >= 0.6 is 0 Å². The lowest BCUT2D eigenvalue weighted by Crippen LogP contribution is -2.31. The van der Waals surface area contributed by atoms with Gasteiger partial charge in [-0.05, 0) is 49.8 Å². The largest absolute Gasteiger partial charge is 0.369 e. The van der Waals surface area contributed by atoms with E-state index in [0.717, 1.165) is 37.8 Å². The Morgan fingerprint density at radius 3 is 2.43 bits per heavy atom. The summed E-state index contributed by atoms with van der Waals surface area (Å²) in [6.45, 7) is 3.18. The molecule has 0 bridgehead atoms. The van der Waals surface area contributed by atoms with Gasteiger partial charge in [0.1, 0.15) is 0 Å². The number of nitrogens with one attached hydrogen (secondary N) is 3. The summed E-state index contributed by atoms with van der Waals surface area (Å²) >= 11 is 0. The molecular formula is C23H35N5O2. The van der Waals surface area contributed by atoms with Crippen molar-refractivity contribution < 1.29 is 9.59 Å². The van der Waals surface area contributed by atoms with Gasteiger partial charge >= 0.3 is 0 Å². The fourth-order valence-electron chi connectivity index (χ4n) is 3.23. The van der Waals surface area contributed by atoms with E-state index in [2.05, 4.69) is 27.5 Å². The third-order valence-corrected chi connectivity index (χ3v) is 5.02. The van der Waals surface area contributed by atoms with Crippen molar-refractivity contribution in [1.29, 1.82) is 0 Å². The van der Waals surface area contributed by atoms with Gasteiger partial charge in [0.15, 0.2) is 5.95 Å². The molecule has 1 aromatic heterocycles. The van der Waals surface area contributed by atoms with Crippen molar-refractivity contribution in [1.82, 2.24) is 20.6 Å². The number of anilines is 1. The molecule has 2 rings (SSSR count). The highest BCUT2D eigenvalue weighted by Gasteiger charge is 2.07. The van der Waals surface area contributed by atoms with Crippen molar-refractivity contribution in [2.45, 2.75) is 64.7 Å². The van der Waals surface area contributed by atoms with Gasteiger partial charge in [0.25, 0.3) is 5.91 Å². The maximum atomic E-state index is 12.2. The standard InChI is InChI=1S/C23H35N5O2/c1-2-3-5-8-18-10-12-19(13-11-18)22(30)26-16-14-21(29)25-15-7-4-6-9-20-17-27-23(24)28-20/h10-13,17H,2-9,14-16H2,1H3,(H,25,29)(H,26,30)(H3,24,27,28). The zero-order valence-electron chi connectivity index (χ0n) is 18.0. The van der Waals surface area contributed by atoms with Crippen LogP contribution in [0.2, 0.25) is 0 Å². The van der Waals surface area contributed by atoms with Crippen LogP contribution in [0.3, 0.4) is 0 Å². The molecule has 0 radical (unpaired) electrons. The van der Waals surface area contributed by atoms with E-state index < -0.39 is 0 Å². The molecule has 1 aromatic carbocycles. The molecule has 2 amide bonds. The number of rotatable bonds is 14. The first-order valence-corrected chi connectivity index (χ1v) is 11.0. The van der Waals surface area contributed by atoms with Crippen LogP contribution < -0.4 is 16.4 Å².